The van der Waals surface area contributed by atoms with Crippen LogP contribution in [0.2, 0.25) is 0 Å². The lowest BCUT2D eigenvalue weighted by molar-refractivity contribution is -0.904. The van der Waals surface area contributed by atoms with Gasteiger partial charge in [-0.05, 0) is 37.8 Å². The monoisotopic (exact) mass is 371 g/mol. The first-order chi connectivity index (χ1) is 13.1. The number of nitrogens with one attached hydrogen (secondary N) is 3. The molecule has 0 bridgehead atoms. The number of piperidine rings is 1. The molecule has 1 saturated heterocycles. The van der Waals surface area contributed by atoms with Gasteiger partial charge in [-0.3, -0.25) is 15.0 Å². The second kappa shape index (κ2) is 9.55. The number of carbonyl (C=O) groups is 2. The van der Waals surface area contributed by atoms with Gasteiger partial charge in [-0.15, -0.1) is 0 Å². The third-order valence-corrected chi connectivity index (χ3v) is 5.29. The van der Waals surface area contributed by atoms with E-state index in [9.17, 15) is 9.59 Å². The van der Waals surface area contributed by atoms with Crippen molar-refractivity contribution in [2.75, 3.05) is 32.7 Å². The van der Waals surface area contributed by atoms with Crippen LogP contribution in [-0.4, -0.2) is 49.5 Å². The van der Waals surface area contributed by atoms with Gasteiger partial charge in [0.05, 0.1) is 25.3 Å². The minimum Gasteiger partial charge on any atom is -0.354 e. The van der Waals surface area contributed by atoms with Crippen molar-refractivity contribution in [2.45, 2.75) is 39.0 Å². The summed E-state index contributed by atoms with van der Waals surface area (Å²) in [6, 6.07) is 8.11. The van der Waals surface area contributed by atoms with Gasteiger partial charge in [0, 0.05) is 19.4 Å². The lowest BCUT2D eigenvalue weighted by Crippen LogP contribution is -3.12. The van der Waals surface area contributed by atoms with Crippen LogP contribution < -0.4 is 15.6 Å². The molecule has 0 radical (unpaired) electrons. The SMILES string of the molecule is Cc1ccc(C2=CCC(=O)N(CC(=O)NCCC[NH+]3CCCCC3)N2)cc1. The predicted molar refractivity (Wildman–Crippen MR) is 106 cm³/mol. The molecule has 6 heteroatoms. The Kier molecular flexibility index (Phi) is 6.87. The van der Waals surface area contributed by atoms with Crippen molar-refractivity contribution >= 4 is 17.5 Å². The van der Waals surface area contributed by atoms with Crippen LogP contribution in [0.4, 0.5) is 0 Å². The lowest BCUT2D eigenvalue weighted by atomic mass is 10.1. The zero-order valence-corrected chi connectivity index (χ0v) is 16.2. The average molecular weight is 372 g/mol. The largest absolute Gasteiger partial charge is 0.354 e. The quantitative estimate of drug-likeness (QED) is 0.617. The van der Waals surface area contributed by atoms with Gasteiger partial charge in [-0.1, -0.05) is 29.8 Å². The summed E-state index contributed by atoms with van der Waals surface area (Å²) in [6.07, 6.45) is 7.17. The first kappa shape index (κ1) is 19.4. The van der Waals surface area contributed by atoms with Gasteiger partial charge in [0.1, 0.15) is 6.54 Å². The number of nitrogens with zero attached hydrogens (tertiary/aromatic N) is 1. The van der Waals surface area contributed by atoms with E-state index in [0.717, 1.165) is 24.2 Å². The molecule has 0 saturated carbocycles. The molecule has 2 heterocycles. The number of rotatable bonds is 7. The fourth-order valence-electron chi connectivity index (χ4n) is 3.66. The van der Waals surface area contributed by atoms with Crippen molar-refractivity contribution in [1.29, 1.82) is 0 Å². The molecule has 0 aromatic heterocycles. The maximum absolute atomic E-state index is 12.2. The molecule has 1 aromatic carbocycles. The van der Waals surface area contributed by atoms with Gasteiger partial charge in [-0.2, -0.15) is 0 Å². The van der Waals surface area contributed by atoms with Crippen molar-refractivity contribution in [3.63, 3.8) is 0 Å². The van der Waals surface area contributed by atoms with Crippen LogP contribution in [0.3, 0.4) is 0 Å². The molecule has 0 atom stereocenters. The van der Waals surface area contributed by atoms with E-state index < -0.39 is 0 Å². The molecule has 0 spiro atoms. The average Bonchev–Trinajstić information content (AvgIpc) is 2.68. The zero-order chi connectivity index (χ0) is 19.1. The minimum atomic E-state index is -0.116. The number of carbonyl (C=O) groups excluding carboxylic acids is 2. The summed E-state index contributed by atoms with van der Waals surface area (Å²) in [7, 11) is 0. The van der Waals surface area contributed by atoms with Crippen LogP contribution in [0.5, 0.6) is 0 Å². The van der Waals surface area contributed by atoms with E-state index in [1.807, 2.05) is 37.3 Å². The second-order valence-electron chi connectivity index (χ2n) is 7.54. The molecular weight excluding hydrogens is 340 g/mol. The summed E-state index contributed by atoms with van der Waals surface area (Å²) >= 11 is 0. The fraction of sp³-hybridized carbons (Fsp3) is 0.524. The number of quaternary nitrogens is 1. The van der Waals surface area contributed by atoms with Crippen molar-refractivity contribution in [3.8, 4) is 0 Å². The first-order valence-electron chi connectivity index (χ1n) is 10.1. The Labute approximate surface area is 161 Å². The summed E-state index contributed by atoms with van der Waals surface area (Å²) in [5.41, 5.74) is 6.17. The van der Waals surface area contributed by atoms with Crippen LogP contribution in [-0.2, 0) is 9.59 Å². The number of amides is 2. The third-order valence-electron chi connectivity index (χ3n) is 5.29. The van der Waals surface area contributed by atoms with Crippen LogP contribution in [0.15, 0.2) is 30.3 Å². The van der Waals surface area contributed by atoms with Crippen LogP contribution in [0.1, 0.15) is 43.2 Å². The predicted octanol–water partition coefficient (Wildman–Crippen LogP) is 0.648. The van der Waals surface area contributed by atoms with E-state index >= 15 is 0 Å². The van der Waals surface area contributed by atoms with Crippen molar-refractivity contribution in [1.82, 2.24) is 15.8 Å². The summed E-state index contributed by atoms with van der Waals surface area (Å²) in [6.45, 7) is 6.38. The Morgan fingerprint density at radius 2 is 1.93 bits per heavy atom. The Hall–Kier alpha value is -2.34. The van der Waals surface area contributed by atoms with Gasteiger partial charge >= 0.3 is 0 Å². The molecule has 27 heavy (non-hydrogen) atoms. The summed E-state index contributed by atoms with van der Waals surface area (Å²) < 4.78 is 0. The second-order valence-corrected chi connectivity index (χ2v) is 7.54. The number of hydrogen-bond donors (Lipinski definition) is 3. The van der Waals surface area contributed by atoms with Gasteiger partial charge in [0.2, 0.25) is 11.8 Å². The number of aryl methyl sites for hydroxylation is 1. The molecule has 146 valence electrons. The van der Waals surface area contributed by atoms with Crippen molar-refractivity contribution in [2.24, 2.45) is 0 Å². The Morgan fingerprint density at radius 1 is 1.19 bits per heavy atom. The third kappa shape index (κ3) is 5.82. The Bertz CT molecular complexity index is 678. The topological polar surface area (TPSA) is 65.9 Å². The van der Waals surface area contributed by atoms with Crippen LogP contribution >= 0.6 is 0 Å². The number of hydrazine groups is 1. The normalized spacial score (nSPS) is 18.0. The number of likely N-dealkylation sites (tertiary alicyclic amines) is 1. The van der Waals surface area contributed by atoms with Crippen molar-refractivity contribution in [3.05, 3.63) is 41.5 Å². The lowest BCUT2D eigenvalue weighted by Gasteiger charge is -2.29. The summed E-state index contributed by atoms with van der Waals surface area (Å²) in [5, 5.41) is 4.36. The Balaban J connectivity index is 1.42. The molecule has 1 fully saturated rings. The fourth-order valence-corrected chi connectivity index (χ4v) is 3.66. The molecular formula is C21H31N4O2+. The molecule has 3 N–H and O–H groups in total. The first-order valence-corrected chi connectivity index (χ1v) is 10.1. The molecule has 6 nitrogen and oxygen atoms in total. The van der Waals surface area contributed by atoms with E-state index in [1.165, 1.54) is 42.9 Å². The highest BCUT2D eigenvalue weighted by atomic mass is 16.2. The van der Waals surface area contributed by atoms with Gasteiger partial charge in [0.15, 0.2) is 0 Å². The number of hydrogen-bond acceptors (Lipinski definition) is 3. The van der Waals surface area contributed by atoms with E-state index in [2.05, 4.69) is 10.7 Å². The molecule has 3 rings (SSSR count). The maximum Gasteiger partial charge on any atom is 0.245 e. The molecule has 1 aromatic rings. The highest BCUT2D eigenvalue weighted by Crippen LogP contribution is 2.17. The van der Waals surface area contributed by atoms with Gasteiger partial charge < -0.3 is 10.2 Å². The zero-order valence-electron chi connectivity index (χ0n) is 16.2. The minimum absolute atomic E-state index is 0.0403. The summed E-state index contributed by atoms with van der Waals surface area (Å²) in [5.74, 6) is -0.201. The molecule has 2 aliphatic rings. The van der Waals surface area contributed by atoms with E-state index in [0.29, 0.717) is 13.0 Å². The molecule has 0 aliphatic carbocycles. The van der Waals surface area contributed by atoms with E-state index in [4.69, 9.17) is 0 Å². The summed E-state index contributed by atoms with van der Waals surface area (Å²) in [4.78, 5) is 26.0. The number of benzene rings is 1. The standard InChI is InChI=1S/C21H30N4O2/c1-17-6-8-18(9-7-17)19-10-11-21(27)25(23-19)16-20(26)22-12-5-15-24-13-3-2-4-14-24/h6-10,23H,2-5,11-16H2,1H3,(H,22,26)/p+1. The van der Waals surface area contributed by atoms with Gasteiger partial charge in [-0.25, -0.2) is 5.01 Å². The van der Waals surface area contributed by atoms with E-state index in [-0.39, 0.29) is 18.4 Å². The highest BCUT2D eigenvalue weighted by Gasteiger charge is 2.22. The van der Waals surface area contributed by atoms with Crippen LogP contribution in [0, 0.1) is 6.92 Å². The Morgan fingerprint density at radius 3 is 2.67 bits per heavy atom. The maximum atomic E-state index is 12.2. The smallest absolute Gasteiger partial charge is 0.245 e. The van der Waals surface area contributed by atoms with Gasteiger partial charge in [0.25, 0.3) is 0 Å². The molecule has 0 unspecified atom stereocenters. The van der Waals surface area contributed by atoms with E-state index in [1.54, 1.807) is 4.90 Å². The highest BCUT2D eigenvalue weighted by molar-refractivity contribution is 5.88. The molecule has 2 aliphatic heterocycles. The van der Waals surface area contributed by atoms with Crippen molar-refractivity contribution < 1.29 is 14.5 Å². The van der Waals surface area contributed by atoms with Crippen LogP contribution in [0.25, 0.3) is 5.70 Å². The molecule has 2 amide bonds.